The van der Waals surface area contributed by atoms with Gasteiger partial charge in [0.15, 0.2) is 17.5 Å². The van der Waals surface area contributed by atoms with Crippen molar-refractivity contribution in [1.82, 2.24) is 15.0 Å². The van der Waals surface area contributed by atoms with Gasteiger partial charge in [0.05, 0.1) is 0 Å². The highest BCUT2D eigenvalue weighted by Crippen LogP contribution is 2.40. The van der Waals surface area contributed by atoms with Crippen LogP contribution < -0.4 is 0 Å². The van der Waals surface area contributed by atoms with E-state index in [4.69, 9.17) is 69.6 Å². The SMILES string of the molecule is Cc1ccc(/C=C/c2nc(C(Cl)(Cl)Cl)nc(C(Cl)(Cl)Cl)n2)c2ccccc12. The summed E-state index contributed by atoms with van der Waals surface area (Å²) in [6, 6.07) is 12.1. The molecule has 9 heteroatoms. The van der Waals surface area contributed by atoms with Gasteiger partial charge < -0.3 is 0 Å². The first kappa shape index (κ1) is 20.9. The van der Waals surface area contributed by atoms with Crippen molar-refractivity contribution in [2.45, 2.75) is 14.5 Å². The van der Waals surface area contributed by atoms with Crippen LogP contribution in [0.1, 0.15) is 28.6 Å². The molecule has 0 radical (unpaired) electrons. The molecule has 0 bridgehead atoms. The van der Waals surface area contributed by atoms with E-state index < -0.39 is 7.59 Å². The normalized spacial score (nSPS) is 12.9. The Morgan fingerprint density at radius 1 is 0.704 bits per heavy atom. The fourth-order valence-electron chi connectivity index (χ4n) is 2.50. The van der Waals surface area contributed by atoms with E-state index in [1.54, 1.807) is 6.08 Å². The van der Waals surface area contributed by atoms with Crippen LogP contribution in [0.15, 0.2) is 36.4 Å². The lowest BCUT2D eigenvalue weighted by Gasteiger charge is -2.14. The minimum absolute atomic E-state index is 0.128. The number of hydrogen-bond donors (Lipinski definition) is 0. The number of fused-ring (bicyclic) bond motifs is 1. The highest BCUT2D eigenvalue weighted by Gasteiger charge is 2.33. The number of aromatic nitrogens is 3. The highest BCUT2D eigenvalue weighted by molar-refractivity contribution is 6.67. The number of benzene rings is 2. The Labute approximate surface area is 186 Å². The molecule has 0 N–H and O–H groups in total. The summed E-state index contributed by atoms with van der Waals surface area (Å²) in [5.41, 5.74) is 2.15. The lowest BCUT2D eigenvalue weighted by molar-refractivity contribution is 0.835. The Hall–Kier alpha value is -0.810. The molecule has 0 spiro atoms. The van der Waals surface area contributed by atoms with Crippen molar-refractivity contribution in [3.63, 3.8) is 0 Å². The molecule has 0 fully saturated rings. The number of rotatable bonds is 2. The number of alkyl halides is 6. The van der Waals surface area contributed by atoms with E-state index in [-0.39, 0.29) is 17.5 Å². The largest absolute Gasteiger partial charge is 0.250 e. The van der Waals surface area contributed by atoms with Gasteiger partial charge in [-0.1, -0.05) is 112 Å². The molecular formula is C18H11Cl6N3. The van der Waals surface area contributed by atoms with Gasteiger partial charge in [0.1, 0.15) is 0 Å². The van der Waals surface area contributed by atoms with Crippen LogP contribution in [0.25, 0.3) is 22.9 Å². The van der Waals surface area contributed by atoms with Gasteiger partial charge in [0, 0.05) is 0 Å². The summed E-state index contributed by atoms with van der Waals surface area (Å²) in [7, 11) is 0. The number of nitrogens with zero attached hydrogens (tertiary/aromatic N) is 3. The molecule has 1 aromatic heterocycles. The van der Waals surface area contributed by atoms with Crippen molar-refractivity contribution >= 4 is 92.5 Å². The van der Waals surface area contributed by atoms with Crippen molar-refractivity contribution in [2.75, 3.05) is 0 Å². The molecule has 1 heterocycles. The van der Waals surface area contributed by atoms with Crippen LogP contribution in [-0.2, 0) is 7.59 Å². The maximum Gasteiger partial charge on any atom is 0.250 e. The van der Waals surface area contributed by atoms with Crippen molar-refractivity contribution in [1.29, 1.82) is 0 Å². The molecule has 140 valence electrons. The molecule has 0 amide bonds. The second-order valence-electron chi connectivity index (χ2n) is 5.69. The lowest BCUT2D eigenvalue weighted by Crippen LogP contribution is -2.16. The molecule has 3 rings (SSSR count). The monoisotopic (exact) mass is 479 g/mol. The molecular weight excluding hydrogens is 471 g/mol. The zero-order valence-electron chi connectivity index (χ0n) is 13.7. The van der Waals surface area contributed by atoms with Gasteiger partial charge in [-0.15, -0.1) is 0 Å². The van der Waals surface area contributed by atoms with Crippen LogP contribution in [0.3, 0.4) is 0 Å². The predicted octanol–water partition coefficient (Wildman–Crippen LogP) is 7.16. The summed E-state index contributed by atoms with van der Waals surface area (Å²) < 4.78 is -3.76. The second-order valence-corrected chi connectivity index (χ2v) is 10.2. The fourth-order valence-corrected chi connectivity index (χ4v) is 3.01. The fraction of sp³-hybridized carbons (Fsp3) is 0.167. The molecule has 0 saturated heterocycles. The van der Waals surface area contributed by atoms with E-state index >= 15 is 0 Å². The van der Waals surface area contributed by atoms with Crippen LogP contribution in [0, 0.1) is 6.92 Å². The van der Waals surface area contributed by atoms with Gasteiger partial charge >= 0.3 is 0 Å². The highest BCUT2D eigenvalue weighted by atomic mass is 35.6. The zero-order valence-corrected chi connectivity index (χ0v) is 18.3. The molecule has 0 unspecified atom stereocenters. The van der Waals surface area contributed by atoms with Gasteiger partial charge in [-0.2, -0.15) is 0 Å². The molecule has 0 aliphatic heterocycles. The quantitative estimate of drug-likeness (QED) is 0.364. The summed E-state index contributed by atoms with van der Waals surface area (Å²) in [4.78, 5) is 12.2. The molecule has 0 atom stereocenters. The van der Waals surface area contributed by atoms with Gasteiger partial charge in [-0.05, 0) is 34.9 Å². The summed E-state index contributed by atoms with van der Waals surface area (Å²) in [5, 5.41) is 2.24. The summed E-state index contributed by atoms with van der Waals surface area (Å²) in [6.07, 6.45) is 3.50. The third kappa shape index (κ3) is 4.97. The molecule has 27 heavy (non-hydrogen) atoms. The van der Waals surface area contributed by atoms with E-state index in [1.807, 2.05) is 36.4 Å². The third-order valence-corrected chi connectivity index (χ3v) is 4.76. The maximum atomic E-state index is 5.89. The van der Waals surface area contributed by atoms with E-state index in [0.717, 1.165) is 16.3 Å². The maximum absolute atomic E-state index is 5.89. The van der Waals surface area contributed by atoms with Crippen molar-refractivity contribution in [3.05, 3.63) is 65.0 Å². The molecule has 3 aromatic rings. The van der Waals surface area contributed by atoms with Crippen LogP contribution >= 0.6 is 69.6 Å². The first-order chi connectivity index (χ1) is 12.6. The van der Waals surface area contributed by atoms with Crippen LogP contribution in [0.4, 0.5) is 0 Å². The Bertz CT molecular complexity index is 990. The van der Waals surface area contributed by atoms with E-state index in [1.165, 1.54) is 5.56 Å². The van der Waals surface area contributed by atoms with Gasteiger partial charge in [-0.25, -0.2) is 15.0 Å². The standard InChI is InChI=1S/C18H11Cl6N3/c1-10-6-7-11(13-5-3-2-4-12(10)13)8-9-14-25-15(17(19,20)21)27-16(26-14)18(22,23)24/h2-9H,1H3/b9-8+. The zero-order chi connectivity index (χ0) is 19.8. The van der Waals surface area contributed by atoms with Gasteiger partial charge in [-0.3, -0.25) is 0 Å². The first-order valence-electron chi connectivity index (χ1n) is 7.62. The average Bonchev–Trinajstić information content (AvgIpc) is 2.60. The Kier molecular flexibility index (Phi) is 6.12. The predicted molar refractivity (Wildman–Crippen MR) is 116 cm³/mol. The number of halogens is 6. The number of aryl methyl sites for hydroxylation is 1. The van der Waals surface area contributed by atoms with Crippen LogP contribution in [0.5, 0.6) is 0 Å². The van der Waals surface area contributed by atoms with E-state index in [2.05, 4.69) is 27.9 Å². The van der Waals surface area contributed by atoms with Crippen molar-refractivity contribution < 1.29 is 0 Å². The molecule has 3 nitrogen and oxygen atoms in total. The summed E-state index contributed by atoms with van der Waals surface area (Å²) >= 11 is 35.3. The molecule has 0 aliphatic rings. The Morgan fingerprint density at radius 2 is 1.26 bits per heavy atom. The van der Waals surface area contributed by atoms with Crippen molar-refractivity contribution in [3.8, 4) is 0 Å². The third-order valence-electron chi connectivity index (χ3n) is 3.75. The minimum Gasteiger partial charge on any atom is -0.209 e. The average molecular weight is 482 g/mol. The Balaban J connectivity index is 2.09. The van der Waals surface area contributed by atoms with Gasteiger partial charge in [0.25, 0.3) is 0 Å². The smallest absolute Gasteiger partial charge is 0.209 e. The lowest BCUT2D eigenvalue weighted by atomic mass is 10.00. The minimum atomic E-state index is -1.88. The topological polar surface area (TPSA) is 38.7 Å². The molecule has 2 aromatic carbocycles. The number of hydrogen-bond acceptors (Lipinski definition) is 3. The second kappa shape index (κ2) is 7.90. The Morgan fingerprint density at radius 3 is 1.81 bits per heavy atom. The summed E-state index contributed by atoms with van der Waals surface area (Å²) in [5.74, 6) is -0.0493. The summed E-state index contributed by atoms with van der Waals surface area (Å²) in [6.45, 7) is 2.06. The molecule has 0 aliphatic carbocycles. The van der Waals surface area contributed by atoms with Crippen LogP contribution in [-0.4, -0.2) is 15.0 Å². The van der Waals surface area contributed by atoms with Gasteiger partial charge in [0.2, 0.25) is 7.59 Å². The molecule has 0 saturated carbocycles. The van der Waals surface area contributed by atoms with Crippen molar-refractivity contribution in [2.24, 2.45) is 0 Å². The van der Waals surface area contributed by atoms with Crippen LogP contribution in [0.2, 0.25) is 0 Å². The first-order valence-corrected chi connectivity index (χ1v) is 9.89. The van der Waals surface area contributed by atoms with E-state index in [0.29, 0.717) is 0 Å². The van der Waals surface area contributed by atoms with E-state index in [9.17, 15) is 0 Å².